The molecule has 0 unspecified atom stereocenters. The maximum Gasteiger partial charge on any atom is 0.177 e. The van der Waals surface area contributed by atoms with Gasteiger partial charge in [-0.15, -0.1) is 21.5 Å². The highest BCUT2D eigenvalue weighted by molar-refractivity contribution is 7.11. The molecule has 0 N–H and O–H groups in total. The minimum absolute atomic E-state index is 0.0198. The van der Waals surface area contributed by atoms with Crippen molar-refractivity contribution < 1.29 is 0 Å². The van der Waals surface area contributed by atoms with Gasteiger partial charge in [-0.25, -0.2) is 4.98 Å². The molecule has 6 nitrogen and oxygen atoms in total. The molecule has 29 heavy (non-hydrogen) atoms. The lowest BCUT2D eigenvalue weighted by Gasteiger charge is -2.30. The van der Waals surface area contributed by atoms with Crippen molar-refractivity contribution >= 4 is 17.0 Å². The third-order valence-corrected chi connectivity index (χ3v) is 7.40. The molecule has 0 bridgehead atoms. The summed E-state index contributed by atoms with van der Waals surface area (Å²) >= 11 is 1.94. The Hall–Kier alpha value is -1.86. The zero-order chi connectivity index (χ0) is 20.0. The zero-order valence-electron chi connectivity index (χ0n) is 17.7. The molecule has 1 aliphatic carbocycles. The smallest absolute Gasteiger partial charge is 0.177 e. The molecule has 7 heteroatoms. The van der Waals surface area contributed by atoms with Gasteiger partial charge < -0.3 is 0 Å². The highest BCUT2D eigenvalue weighted by Crippen LogP contribution is 2.31. The minimum Gasteiger partial charge on any atom is -0.297 e. The van der Waals surface area contributed by atoms with Gasteiger partial charge in [0, 0.05) is 16.2 Å². The van der Waals surface area contributed by atoms with Crippen LogP contribution in [-0.2, 0) is 24.8 Å². The normalized spacial score (nSPS) is 19.0. The Morgan fingerprint density at radius 2 is 1.86 bits per heavy atom. The Balaban J connectivity index is 1.27. The molecule has 3 aromatic heterocycles. The first-order chi connectivity index (χ1) is 14.0. The number of likely N-dealkylation sites (tertiary alicyclic amines) is 1. The predicted octanol–water partition coefficient (Wildman–Crippen LogP) is 4.14. The Morgan fingerprint density at radius 3 is 2.62 bits per heavy atom. The van der Waals surface area contributed by atoms with E-state index < -0.39 is 0 Å². The van der Waals surface area contributed by atoms with Crippen LogP contribution in [-0.4, -0.2) is 42.8 Å². The molecule has 1 aliphatic heterocycles. The quantitative estimate of drug-likeness (QED) is 0.650. The van der Waals surface area contributed by atoms with Gasteiger partial charge in [0.1, 0.15) is 5.01 Å². The summed E-state index contributed by atoms with van der Waals surface area (Å²) in [5, 5.41) is 15.1. The zero-order valence-corrected chi connectivity index (χ0v) is 18.5. The summed E-state index contributed by atoms with van der Waals surface area (Å²) in [5.74, 6) is 1.45. The van der Waals surface area contributed by atoms with Gasteiger partial charge in [0.05, 0.1) is 17.9 Å². The fraction of sp³-hybridized carbons (Fsp3) is 0.636. The number of hydrogen-bond acceptors (Lipinski definition) is 6. The van der Waals surface area contributed by atoms with E-state index in [-0.39, 0.29) is 5.41 Å². The number of fused-ring (bicyclic) bond motifs is 2. The maximum atomic E-state index is 4.93. The molecule has 0 amide bonds. The second kappa shape index (κ2) is 7.43. The van der Waals surface area contributed by atoms with E-state index in [1.54, 1.807) is 0 Å². The summed E-state index contributed by atoms with van der Waals surface area (Å²) in [5.41, 5.74) is 3.33. The average molecular weight is 411 g/mol. The van der Waals surface area contributed by atoms with Crippen molar-refractivity contribution in [1.29, 1.82) is 0 Å². The molecule has 0 aromatic carbocycles. The van der Waals surface area contributed by atoms with Crippen LogP contribution in [0.2, 0.25) is 0 Å². The lowest BCUT2D eigenvalue weighted by Crippen LogP contribution is -2.33. The van der Waals surface area contributed by atoms with Crippen LogP contribution in [0.4, 0.5) is 0 Å². The van der Waals surface area contributed by atoms with Crippen LogP contribution < -0.4 is 0 Å². The monoisotopic (exact) mass is 410 g/mol. The molecule has 154 valence electrons. The average Bonchev–Trinajstić information content (AvgIpc) is 3.31. The summed E-state index contributed by atoms with van der Waals surface area (Å²) in [6, 6.07) is 4.12. The molecule has 3 aromatic rings. The van der Waals surface area contributed by atoms with Crippen molar-refractivity contribution in [3.63, 3.8) is 0 Å². The number of piperidine rings is 1. The molecule has 0 radical (unpaired) electrons. The SMILES string of the molecule is CC(C)(C)c1ccc2nnc(C3CCN(Cc4nc5c(s4)CCCC5)CC3)n2n1. The molecule has 1 saturated heterocycles. The van der Waals surface area contributed by atoms with Gasteiger partial charge in [-0.2, -0.15) is 9.61 Å². The number of aromatic nitrogens is 5. The molecular formula is C22H30N6S. The first-order valence-corrected chi connectivity index (χ1v) is 11.7. The predicted molar refractivity (Wildman–Crippen MR) is 115 cm³/mol. The number of rotatable bonds is 3. The van der Waals surface area contributed by atoms with Crippen molar-refractivity contribution in [2.75, 3.05) is 13.1 Å². The third kappa shape index (κ3) is 3.82. The van der Waals surface area contributed by atoms with E-state index >= 15 is 0 Å². The van der Waals surface area contributed by atoms with Gasteiger partial charge in [-0.3, -0.25) is 4.90 Å². The fourth-order valence-corrected chi connectivity index (χ4v) is 5.67. The third-order valence-electron chi connectivity index (χ3n) is 6.26. The van der Waals surface area contributed by atoms with Crippen LogP contribution in [0.25, 0.3) is 5.65 Å². The Kier molecular flexibility index (Phi) is 4.90. The van der Waals surface area contributed by atoms with Gasteiger partial charge in [-0.1, -0.05) is 20.8 Å². The molecule has 5 rings (SSSR count). The van der Waals surface area contributed by atoms with E-state index in [4.69, 9.17) is 10.1 Å². The van der Waals surface area contributed by atoms with Gasteiger partial charge >= 0.3 is 0 Å². The summed E-state index contributed by atoms with van der Waals surface area (Å²) in [7, 11) is 0. The second-order valence-corrected chi connectivity index (χ2v) is 10.7. The number of thiazole rings is 1. The van der Waals surface area contributed by atoms with Crippen molar-refractivity contribution in [3.8, 4) is 0 Å². The van der Waals surface area contributed by atoms with E-state index in [1.165, 1.54) is 41.3 Å². The van der Waals surface area contributed by atoms with Gasteiger partial charge in [0.15, 0.2) is 11.5 Å². The first kappa shape index (κ1) is 19.1. The van der Waals surface area contributed by atoms with E-state index in [0.717, 1.165) is 49.6 Å². The van der Waals surface area contributed by atoms with Crippen molar-refractivity contribution in [2.24, 2.45) is 0 Å². The van der Waals surface area contributed by atoms with Crippen LogP contribution in [0.3, 0.4) is 0 Å². The Morgan fingerprint density at radius 1 is 1.07 bits per heavy atom. The van der Waals surface area contributed by atoms with Crippen molar-refractivity contribution in [3.05, 3.63) is 39.2 Å². The fourth-order valence-electron chi connectivity index (χ4n) is 4.47. The lowest BCUT2D eigenvalue weighted by atomic mass is 9.92. The molecular weight excluding hydrogens is 380 g/mol. The van der Waals surface area contributed by atoms with E-state index in [9.17, 15) is 0 Å². The summed E-state index contributed by atoms with van der Waals surface area (Å²) < 4.78 is 1.98. The van der Waals surface area contributed by atoms with Gasteiger partial charge in [0.2, 0.25) is 0 Å². The van der Waals surface area contributed by atoms with Crippen LogP contribution in [0, 0.1) is 0 Å². The van der Waals surface area contributed by atoms with Crippen LogP contribution in [0.5, 0.6) is 0 Å². The summed E-state index contributed by atoms with van der Waals surface area (Å²) in [4.78, 5) is 9.02. The molecule has 4 heterocycles. The number of hydrogen-bond donors (Lipinski definition) is 0. The highest BCUT2D eigenvalue weighted by atomic mass is 32.1. The number of aryl methyl sites for hydroxylation is 2. The van der Waals surface area contributed by atoms with Gasteiger partial charge in [-0.05, 0) is 63.7 Å². The topological polar surface area (TPSA) is 59.2 Å². The maximum absolute atomic E-state index is 4.93. The second-order valence-electron chi connectivity index (χ2n) is 9.53. The van der Waals surface area contributed by atoms with Crippen LogP contribution in [0.1, 0.15) is 79.5 Å². The minimum atomic E-state index is 0.0198. The van der Waals surface area contributed by atoms with Gasteiger partial charge in [0.25, 0.3) is 0 Å². The molecule has 1 fully saturated rings. The van der Waals surface area contributed by atoms with Crippen molar-refractivity contribution in [2.45, 2.75) is 77.2 Å². The number of nitrogens with zero attached hydrogens (tertiary/aromatic N) is 6. The standard InChI is InChI=1S/C22H30N6S/c1-22(2,3)18-8-9-19-24-25-21(28(19)26-18)15-10-12-27(13-11-15)14-20-23-16-6-4-5-7-17(16)29-20/h8-9,15H,4-7,10-14H2,1-3H3. The Labute approximate surface area is 176 Å². The van der Waals surface area contributed by atoms with Crippen LogP contribution >= 0.6 is 11.3 Å². The summed E-state index contributed by atoms with van der Waals surface area (Å²) in [6.45, 7) is 9.75. The van der Waals surface area contributed by atoms with Crippen molar-refractivity contribution in [1.82, 2.24) is 29.7 Å². The van der Waals surface area contributed by atoms with E-state index in [0.29, 0.717) is 5.92 Å². The first-order valence-electron chi connectivity index (χ1n) is 10.9. The highest BCUT2D eigenvalue weighted by Gasteiger charge is 2.27. The van der Waals surface area contributed by atoms with E-state index in [1.807, 2.05) is 21.9 Å². The lowest BCUT2D eigenvalue weighted by molar-refractivity contribution is 0.200. The molecule has 0 spiro atoms. The summed E-state index contributed by atoms with van der Waals surface area (Å²) in [6.07, 6.45) is 7.26. The van der Waals surface area contributed by atoms with E-state index in [2.05, 4.69) is 41.9 Å². The Bertz CT molecular complexity index is 983. The molecule has 0 atom stereocenters. The van der Waals surface area contributed by atoms with Crippen LogP contribution in [0.15, 0.2) is 12.1 Å². The molecule has 0 saturated carbocycles. The molecule has 2 aliphatic rings. The largest absolute Gasteiger partial charge is 0.297 e.